The fraction of sp³-hybridized carbons (Fsp3) is 0.400. The van der Waals surface area contributed by atoms with Crippen molar-refractivity contribution in [1.82, 2.24) is 15.1 Å². The minimum Gasteiger partial charge on any atom is -0.310 e. The molecule has 0 amide bonds. The van der Waals surface area contributed by atoms with Gasteiger partial charge in [0, 0.05) is 31.4 Å². The largest absolute Gasteiger partial charge is 0.310 e. The van der Waals surface area contributed by atoms with Crippen LogP contribution in [0.1, 0.15) is 25.1 Å². The van der Waals surface area contributed by atoms with Gasteiger partial charge in [-0.15, -0.1) is 0 Å². The van der Waals surface area contributed by atoms with Gasteiger partial charge in [-0.05, 0) is 24.1 Å². The van der Waals surface area contributed by atoms with E-state index in [2.05, 4.69) is 54.7 Å². The molecule has 0 bridgehead atoms. The Hall–Kier alpha value is -1.61. The van der Waals surface area contributed by atoms with Crippen molar-refractivity contribution in [2.45, 2.75) is 33.4 Å². The number of benzene rings is 1. The van der Waals surface area contributed by atoms with Gasteiger partial charge in [0.15, 0.2) is 0 Å². The van der Waals surface area contributed by atoms with E-state index in [1.807, 2.05) is 18.7 Å². The van der Waals surface area contributed by atoms with E-state index in [-0.39, 0.29) is 0 Å². The average molecular weight is 243 g/mol. The van der Waals surface area contributed by atoms with Crippen LogP contribution in [0.4, 0.5) is 0 Å². The van der Waals surface area contributed by atoms with Crippen molar-refractivity contribution in [2.24, 2.45) is 7.05 Å². The summed E-state index contributed by atoms with van der Waals surface area (Å²) in [6.45, 7) is 7.28. The van der Waals surface area contributed by atoms with E-state index in [0.717, 1.165) is 12.2 Å². The number of nitrogens with one attached hydrogen (secondary N) is 1. The summed E-state index contributed by atoms with van der Waals surface area (Å²) in [6, 6.07) is 9.15. The zero-order chi connectivity index (χ0) is 13.1. The van der Waals surface area contributed by atoms with E-state index in [1.165, 1.54) is 16.7 Å². The van der Waals surface area contributed by atoms with Crippen LogP contribution in [0.25, 0.3) is 11.1 Å². The quantitative estimate of drug-likeness (QED) is 0.895. The molecule has 1 heterocycles. The summed E-state index contributed by atoms with van der Waals surface area (Å²) in [5, 5.41) is 7.83. The van der Waals surface area contributed by atoms with E-state index < -0.39 is 0 Å². The van der Waals surface area contributed by atoms with Crippen molar-refractivity contribution in [1.29, 1.82) is 0 Å². The van der Waals surface area contributed by atoms with Crippen LogP contribution in [0.15, 0.2) is 30.5 Å². The second-order valence-electron chi connectivity index (χ2n) is 5.04. The minimum atomic E-state index is 0.508. The van der Waals surface area contributed by atoms with Crippen molar-refractivity contribution >= 4 is 0 Å². The highest BCUT2D eigenvalue weighted by Gasteiger charge is 2.06. The van der Waals surface area contributed by atoms with E-state index in [9.17, 15) is 0 Å². The van der Waals surface area contributed by atoms with Gasteiger partial charge in [0.05, 0.1) is 5.69 Å². The molecule has 1 aromatic carbocycles. The first-order valence-corrected chi connectivity index (χ1v) is 6.39. The Morgan fingerprint density at radius 3 is 2.72 bits per heavy atom. The van der Waals surface area contributed by atoms with E-state index in [4.69, 9.17) is 0 Å². The third-order valence-electron chi connectivity index (χ3n) is 2.97. The number of aryl methyl sites for hydroxylation is 2. The zero-order valence-corrected chi connectivity index (χ0v) is 11.6. The average Bonchev–Trinajstić information content (AvgIpc) is 2.66. The summed E-state index contributed by atoms with van der Waals surface area (Å²) in [5.74, 6) is 0. The molecule has 0 saturated carbocycles. The molecule has 0 aliphatic heterocycles. The second-order valence-corrected chi connectivity index (χ2v) is 5.04. The molecule has 0 fully saturated rings. The summed E-state index contributed by atoms with van der Waals surface area (Å²) in [7, 11) is 1.96. The molecule has 18 heavy (non-hydrogen) atoms. The van der Waals surface area contributed by atoms with Crippen LogP contribution in [0.5, 0.6) is 0 Å². The van der Waals surface area contributed by atoms with Gasteiger partial charge < -0.3 is 5.32 Å². The fourth-order valence-electron chi connectivity index (χ4n) is 2.05. The molecule has 3 heteroatoms. The van der Waals surface area contributed by atoms with Gasteiger partial charge in [0.2, 0.25) is 0 Å². The lowest BCUT2D eigenvalue weighted by Gasteiger charge is -2.09. The normalized spacial score (nSPS) is 11.2. The van der Waals surface area contributed by atoms with E-state index >= 15 is 0 Å². The SMILES string of the molecule is Cc1nn(C)cc1-c1cccc(CNC(C)C)c1. The number of hydrogen-bond acceptors (Lipinski definition) is 2. The standard InChI is InChI=1S/C15H21N3/c1-11(2)16-9-13-6-5-7-14(8-13)15-10-18(4)17-12(15)3/h5-8,10-11,16H,9H2,1-4H3. The molecule has 1 N–H and O–H groups in total. The van der Waals surface area contributed by atoms with Crippen LogP contribution in [0, 0.1) is 6.92 Å². The van der Waals surface area contributed by atoms with Crippen molar-refractivity contribution in [3.63, 3.8) is 0 Å². The lowest BCUT2D eigenvalue weighted by molar-refractivity contribution is 0.589. The van der Waals surface area contributed by atoms with Crippen LogP contribution < -0.4 is 5.32 Å². The van der Waals surface area contributed by atoms with Crippen molar-refractivity contribution in [2.75, 3.05) is 0 Å². The number of hydrogen-bond donors (Lipinski definition) is 1. The van der Waals surface area contributed by atoms with Crippen LogP contribution in [0.2, 0.25) is 0 Å². The first-order valence-electron chi connectivity index (χ1n) is 6.39. The highest BCUT2D eigenvalue weighted by molar-refractivity contribution is 5.65. The lowest BCUT2D eigenvalue weighted by atomic mass is 10.0. The summed E-state index contributed by atoms with van der Waals surface area (Å²) >= 11 is 0. The molecular formula is C15H21N3. The fourth-order valence-corrected chi connectivity index (χ4v) is 2.05. The number of aromatic nitrogens is 2. The number of nitrogens with zero attached hydrogens (tertiary/aromatic N) is 2. The molecule has 96 valence electrons. The van der Waals surface area contributed by atoms with Crippen LogP contribution >= 0.6 is 0 Å². The smallest absolute Gasteiger partial charge is 0.0671 e. The monoisotopic (exact) mass is 243 g/mol. The van der Waals surface area contributed by atoms with Gasteiger partial charge >= 0.3 is 0 Å². The molecule has 0 radical (unpaired) electrons. The third kappa shape index (κ3) is 2.99. The maximum Gasteiger partial charge on any atom is 0.0671 e. The van der Waals surface area contributed by atoms with E-state index in [1.54, 1.807) is 0 Å². The molecule has 0 aliphatic rings. The molecule has 0 unspecified atom stereocenters. The molecule has 0 aliphatic carbocycles. The predicted molar refractivity (Wildman–Crippen MR) is 75.4 cm³/mol. The minimum absolute atomic E-state index is 0.508. The first-order chi connectivity index (χ1) is 8.56. The molecule has 0 saturated heterocycles. The lowest BCUT2D eigenvalue weighted by Crippen LogP contribution is -2.21. The van der Waals surface area contributed by atoms with Crippen molar-refractivity contribution in [3.05, 3.63) is 41.7 Å². The number of rotatable bonds is 4. The van der Waals surface area contributed by atoms with Gasteiger partial charge in [-0.25, -0.2) is 0 Å². The Balaban J connectivity index is 2.24. The van der Waals surface area contributed by atoms with E-state index in [0.29, 0.717) is 6.04 Å². The second kappa shape index (κ2) is 5.36. The molecule has 0 atom stereocenters. The van der Waals surface area contributed by atoms with Gasteiger partial charge in [0.1, 0.15) is 0 Å². The Bertz CT molecular complexity index is 526. The molecule has 1 aromatic heterocycles. The molecule has 2 aromatic rings. The summed E-state index contributed by atoms with van der Waals surface area (Å²) in [5.41, 5.74) is 4.84. The Kier molecular flexibility index (Phi) is 3.82. The summed E-state index contributed by atoms with van der Waals surface area (Å²) < 4.78 is 1.86. The predicted octanol–water partition coefficient (Wildman–Crippen LogP) is 2.89. The van der Waals surface area contributed by atoms with Gasteiger partial charge in [-0.2, -0.15) is 5.10 Å². The first kappa shape index (κ1) is 12.8. The molecule has 3 nitrogen and oxygen atoms in total. The maximum absolute atomic E-state index is 4.39. The molecular weight excluding hydrogens is 222 g/mol. The van der Waals surface area contributed by atoms with Crippen molar-refractivity contribution < 1.29 is 0 Å². The summed E-state index contributed by atoms with van der Waals surface area (Å²) in [6.07, 6.45) is 2.07. The highest BCUT2D eigenvalue weighted by Crippen LogP contribution is 2.23. The molecule has 0 spiro atoms. The third-order valence-corrected chi connectivity index (χ3v) is 2.97. The summed E-state index contributed by atoms with van der Waals surface area (Å²) in [4.78, 5) is 0. The Labute approximate surface area is 109 Å². The Morgan fingerprint density at radius 2 is 2.11 bits per heavy atom. The van der Waals surface area contributed by atoms with Crippen LogP contribution in [-0.2, 0) is 13.6 Å². The topological polar surface area (TPSA) is 29.9 Å². The van der Waals surface area contributed by atoms with Gasteiger partial charge in [0.25, 0.3) is 0 Å². The van der Waals surface area contributed by atoms with Crippen molar-refractivity contribution in [3.8, 4) is 11.1 Å². The van der Waals surface area contributed by atoms with Gasteiger partial charge in [-0.3, -0.25) is 4.68 Å². The highest BCUT2D eigenvalue weighted by atomic mass is 15.2. The zero-order valence-electron chi connectivity index (χ0n) is 11.6. The van der Waals surface area contributed by atoms with Crippen LogP contribution in [0.3, 0.4) is 0 Å². The van der Waals surface area contributed by atoms with Crippen LogP contribution in [-0.4, -0.2) is 15.8 Å². The maximum atomic E-state index is 4.39. The Morgan fingerprint density at radius 1 is 1.33 bits per heavy atom. The van der Waals surface area contributed by atoms with Gasteiger partial charge in [-0.1, -0.05) is 32.0 Å². The molecule has 2 rings (SSSR count).